The third kappa shape index (κ3) is 1.50. The SMILES string of the molecule is C[C@@H]1c2ccccc2C(=O)[C@H]1c1ccccc1. The summed E-state index contributed by atoms with van der Waals surface area (Å²) in [6.07, 6.45) is 0. The van der Waals surface area contributed by atoms with Gasteiger partial charge in [-0.05, 0) is 17.0 Å². The van der Waals surface area contributed by atoms with Crippen molar-refractivity contribution in [2.45, 2.75) is 18.8 Å². The van der Waals surface area contributed by atoms with Gasteiger partial charge in [-0.2, -0.15) is 0 Å². The van der Waals surface area contributed by atoms with E-state index in [-0.39, 0.29) is 17.6 Å². The van der Waals surface area contributed by atoms with Crippen molar-refractivity contribution in [3.63, 3.8) is 0 Å². The second-order valence-electron chi connectivity index (χ2n) is 4.63. The van der Waals surface area contributed by atoms with Gasteiger partial charge in [-0.15, -0.1) is 0 Å². The molecule has 0 saturated heterocycles. The third-order valence-electron chi connectivity index (χ3n) is 3.66. The molecule has 0 spiro atoms. The van der Waals surface area contributed by atoms with Crippen LogP contribution in [-0.2, 0) is 0 Å². The van der Waals surface area contributed by atoms with Crippen molar-refractivity contribution in [3.05, 3.63) is 71.3 Å². The van der Waals surface area contributed by atoms with Crippen LogP contribution in [0, 0.1) is 0 Å². The molecule has 2 aromatic rings. The molecule has 84 valence electrons. The van der Waals surface area contributed by atoms with Crippen molar-refractivity contribution >= 4 is 5.78 Å². The minimum atomic E-state index is -0.00593. The topological polar surface area (TPSA) is 17.1 Å². The molecule has 0 aromatic heterocycles. The van der Waals surface area contributed by atoms with Crippen LogP contribution in [0.3, 0.4) is 0 Å². The monoisotopic (exact) mass is 222 g/mol. The van der Waals surface area contributed by atoms with E-state index in [1.165, 1.54) is 5.56 Å². The summed E-state index contributed by atoms with van der Waals surface area (Å²) in [4.78, 5) is 12.4. The Labute approximate surface area is 101 Å². The molecule has 0 saturated carbocycles. The molecular weight excluding hydrogens is 208 g/mol. The van der Waals surface area contributed by atoms with Gasteiger partial charge in [0.05, 0.1) is 5.92 Å². The minimum absolute atomic E-state index is 0.00593. The van der Waals surface area contributed by atoms with Gasteiger partial charge in [0, 0.05) is 5.56 Å². The lowest BCUT2D eigenvalue weighted by molar-refractivity contribution is 0.0966. The molecule has 17 heavy (non-hydrogen) atoms. The Bertz CT molecular complexity index is 557. The fourth-order valence-corrected chi connectivity index (χ4v) is 2.79. The van der Waals surface area contributed by atoms with Gasteiger partial charge in [-0.1, -0.05) is 61.5 Å². The fourth-order valence-electron chi connectivity index (χ4n) is 2.79. The Balaban J connectivity index is 2.10. The predicted octanol–water partition coefficient (Wildman–Crippen LogP) is 3.77. The fraction of sp³-hybridized carbons (Fsp3) is 0.188. The zero-order valence-corrected chi connectivity index (χ0v) is 9.76. The first-order chi connectivity index (χ1) is 8.29. The number of rotatable bonds is 1. The molecule has 0 heterocycles. The number of carbonyl (C=O) groups is 1. The van der Waals surface area contributed by atoms with Gasteiger partial charge in [0.25, 0.3) is 0 Å². The minimum Gasteiger partial charge on any atom is -0.293 e. The highest BCUT2D eigenvalue weighted by atomic mass is 16.1. The molecule has 1 nitrogen and oxygen atoms in total. The number of fused-ring (bicyclic) bond motifs is 1. The van der Waals surface area contributed by atoms with Gasteiger partial charge in [-0.25, -0.2) is 0 Å². The maximum atomic E-state index is 12.4. The molecule has 0 radical (unpaired) electrons. The summed E-state index contributed by atoms with van der Waals surface area (Å²) in [6.45, 7) is 2.14. The first-order valence-corrected chi connectivity index (χ1v) is 5.97. The molecule has 0 amide bonds. The summed E-state index contributed by atoms with van der Waals surface area (Å²) in [5.41, 5.74) is 3.21. The average molecular weight is 222 g/mol. The van der Waals surface area contributed by atoms with Gasteiger partial charge >= 0.3 is 0 Å². The molecule has 2 atom stereocenters. The number of Topliss-reactive ketones (excluding diaryl/α,β-unsaturated/α-hetero) is 1. The highest BCUT2D eigenvalue weighted by Gasteiger charge is 2.37. The van der Waals surface area contributed by atoms with E-state index in [4.69, 9.17) is 0 Å². The summed E-state index contributed by atoms with van der Waals surface area (Å²) >= 11 is 0. The standard InChI is InChI=1S/C16H14O/c1-11-13-9-5-6-10-14(13)16(17)15(11)12-7-3-2-4-8-12/h2-11,15H,1H3/t11-,15-/m1/s1. The molecule has 0 fully saturated rings. The Kier molecular flexibility index (Phi) is 2.32. The van der Waals surface area contributed by atoms with Crippen molar-refractivity contribution in [2.75, 3.05) is 0 Å². The van der Waals surface area contributed by atoms with E-state index < -0.39 is 0 Å². The van der Waals surface area contributed by atoms with Crippen molar-refractivity contribution < 1.29 is 4.79 Å². The zero-order valence-electron chi connectivity index (χ0n) is 9.76. The van der Waals surface area contributed by atoms with E-state index in [1.54, 1.807) is 0 Å². The Morgan fingerprint density at radius 2 is 1.53 bits per heavy atom. The third-order valence-corrected chi connectivity index (χ3v) is 3.66. The molecule has 0 unspecified atom stereocenters. The molecule has 1 aliphatic rings. The molecule has 0 N–H and O–H groups in total. The second kappa shape index (κ2) is 3.85. The second-order valence-corrected chi connectivity index (χ2v) is 4.63. The van der Waals surface area contributed by atoms with E-state index in [2.05, 4.69) is 13.0 Å². The Morgan fingerprint density at radius 3 is 2.24 bits per heavy atom. The molecule has 0 aliphatic heterocycles. The lowest BCUT2D eigenvalue weighted by Gasteiger charge is -2.14. The van der Waals surface area contributed by atoms with E-state index in [0.29, 0.717) is 0 Å². The highest BCUT2D eigenvalue weighted by molar-refractivity contribution is 6.06. The predicted molar refractivity (Wildman–Crippen MR) is 68.4 cm³/mol. The summed E-state index contributed by atoms with van der Waals surface area (Å²) in [5.74, 6) is 0.536. The van der Waals surface area contributed by atoms with Crippen LogP contribution in [0.15, 0.2) is 54.6 Å². The normalized spacial score (nSPS) is 22.5. The van der Waals surface area contributed by atoms with Gasteiger partial charge in [0.15, 0.2) is 5.78 Å². The van der Waals surface area contributed by atoms with Crippen LogP contribution in [0.4, 0.5) is 0 Å². The van der Waals surface area contributed by atoms with Gasteiger partial charge in [-0.3, -0.25) is 4.79 Å². The largest absolute Gasteiger partial charge is 0.293 e. The van der Waals surface area contributed by atoms with Crippen LogP contribution in [0.2, 0.25) is 0 Å². The van der Waals surface area contributed by atoms with E-state index in [0.717, 1.165) is 11.1 Å². The quantitative estimate of drug-likeness (QED) is 0.717. The molecule has 1 heteroatoms. The smallest absolute Gasteiger partial charge is 0.171 e. The molecule has 0 bridgehead atoms. The van der Waals surface area contributed by atoms with Crippen LogP contribution in [-0.4, -0.2) is 5.78 Å². The molecule has 1 aliphatic carbocycles. The van der Waals surface area contributed by atoms with Crippen LogP contribution in [0.25, 0.3) is 0 Å². The number of hydrogen-bond donors (Lipinski definition) is 0. The van der Waals surface area contributed by atoms with Gasteiger partial charge in [0.1, 0.15) is 0 Å². The summed E-state index contributed by atoms with van der Waals surface area (Å²) in [5, 5.41) is 0. The molecular formula is C16H14O. The van der Waals surface area contributed by atoms with Gasteiger partial charge in [0.2, 0.25) is 0 Å². The first-order valence-electron chi connectivity index (χ1n) is 5.97. The number of hydrogen-bond acceptors (Lipinski definition) is 1. The highest BCUT2D eigenvalue weighted by Crippen LogP contribution is 2.43. The van der Waals surface area contributed by atoms with Crippen molar-refractivity contribution in [1.29, 1.82) is 0 Å². The van der Waals surface area contributed by atoms with Crippen molar-refractivity contribution in [3.8, 4) is 0 Å². The Hall–Kier alpha value is -1.89. The summed E-state index contributed by atoms with van der Waals surface area (Å²) < 4.78 is 0. The summed E-state index contributed by atoms with van der Waals surface area (Å²) in [7, 11) is 0. The van der Waals surface area contributed by atoms with Crippen LogP contribution >= 0.6 is 0 Å². The lowest BCUT2D eigenvalue weighted by atomic mass is 9.87. The number of ketones is 1. The molecule has 2 aromatic carbocycles. The lowest BCUT2D eigenvalue weighted by Crippen LogP contribution is -2.09. The maximum absolute atomic E-state index is 12.4. The Morgan fingerprint density at radius 1 is 0.882 bits per heavy atom. The van der Waals surface area contributed by atoms with Crippen LogP contribution < -0.4 is 0 Å². The van der Waals surface area contributed by atoms with Crippen LogP contribution in [0.1, 0.15) is 40.2 Å². The van der Waals surface area contributed by atoms with Gasteiger partial charge < -0.3 is 0 Å². The van der Waals surface area contributed by atoms with Crippen LogP contribution in [0.5, 0.6) is 0 Å². The number of benzene rings is 2. The van der Waals surface area contributed by atoms with Crippen molar-refractivity contribution in [2.24, 2.45) is 0 Å². The average Bonchev–Trinajstić information content (AvgIpc) is 2.64. The number of carbonyl (C=O) groups excluding carboxylic acids is 1. The first kappa shape index (κ1) is 10.3. The molecule has 3 rings (SSSR count). The van der Waals surface area contributed by atoms with E-state index in [1.807, 2.05) is 48.5 Å². The van der Waals surface area contributed by atoms with E-state index >= 15 is 0 Å². The summed E-state index contributed by atoms with van der Waals surface area (Å²) in [6, 6.07) is 18.0. The maximum Gasteiger partial charge on any atom is 0.171 e. The zero-order chi connectivity index (χ0) is 11.8. The van der Waals surface area contributed by atoms with Crippen molar-refractivity contribution in [1.82, 2.24) is 0 Å². The van der Waals surface area contributed by atoms with E-state index in [9.17, 15) is 4.79 Å².